The first-order valence-electron chi connectivity index (χ1n) is 11.6. The largest absolute Gasteiger partial charge is 0.369 e. The lowest BCUT2D eigenvalue weighted by molar-refractivity contribution is 0.0816. The molecule has 1 amide bonds. The molecule has 32 heavy (non-hydrogen) atoms. The van der Waals surface area contributed by atoms with Gasteiger partial charge in [0.1, 0.15) is 0 Å². The van der Waals surface area contributed by atoms with E-state index in [-0.39, 0.29) is 5.91 Å². The highest BCUT2D eigenvalue weighted by Gasteiger charge is 2.26. The van der Waals surface area contributed by atoms with Crippen LogP contribution in [0.1, 0.15) is 39.4 Å². The van der Waals surface area contributed by atoms with Gasteiger partial charge in [0, 0.05) is 56.9 Å². The van der Waals surface area contributed by atoms with Crippen LogP contribution in [0.25, 0.3) is 0 Å². The highest BCUT2D eigenvalue weighted by Crippen LogP contribution is 2.29. The standard InChI is InChI=1S/C28H31N3O/c1-29-21-24-12-13-25(20-27(24)28(29)32)31-18-16-30(17-19-31)15-14-26(22-8-4-2-5-9-22)23-10-6-3-7-11-23/h2-13,20,26H,14-19,21H2,1H3. The maximum atomic E-state index is 12.4. The molecule has 0 spiro atoms. The van der Waals surface area contributed by atoms with Gasteiger partial charge in [-0.3, -0.25) is 9.69 Å². The number of anilines is 1. The number of carbonyl (C=O) groups is 1. The van der Waals surface area contributed by atoms with Crippen LogP contribution in [0, 0.1) is 0 Å². The van der Waals surface area contributed by atoms with Crippen molar-refractivity contribution in [3.05, 3.63) is 101 Å². The van der Waals surface area contributed by atoms with Crippen molar-refractivity contribution in [2.75, 3.05) is 44.7 Å². The zero-order valence-electron chi connectivity index (χ0n) is 18.8. The van der Waals surface area contributed by atoms with E-state index in [9.17, 15) is 4.79 Å². The molecule has 2 aliphatic heterocycles. The van der Waals surface area contributed by atoms with Crippen LogP contribution in [0.3, 0.4) is 0 Å². The summed E-state index contributed by atoms with van der Waals surface area (Å²) >= 11 is 0. The average Bonchev–Trinajstić information content (AvgIpc) is 3.14. The van der Waals surface area contributed by atoms with Gasteiger partial charge in [0.05, 0.1) is 0 Å². The van der Waals surface area contributed by atoms with Gasteiger partial charge in [0.15, 0.2) is 0 Å². The van der Waals surface area contributed by atoms with E-state index in [4.69, 9.17) is 0 Å². The van der Waals surface area contributed by atoms with Gasteiger partial charge in [-0.15, -0.1) is 0 Å². The highest BCUT2D eigenvalue weighted by atomic mass is 16.2. The molecule has 0 radical (unpaired) electrons. The van der Waals surface area contributed by atoms with E-state index in [2.05, 4.69) is 88.7 Å². The normalized spacial score (nSPS) is 16.6. The van der Waals surface area contributed by atoms with Crippen molar-refractivity contribution in [3.63, 3.8) is 0 Å². The Bertz CT molecular complexity index is 1020. The SMILES string of the molecule is CN1Cc2ccc(N3CCN(CCC(c4ccccc4)c4ccccc4)CC3)cc2C1=O. The van der Waals surface area contributed by atoms with Crippen LogP contribution in [-0.2, 0) is 6.54 Å². The molecule has 1 fully saturated rings. The number of benzene rings is 3. The first-order chi connectivity index (χ1) is 15.7. The molecule has 0 saturated carbocycles. The van der Waals surface area contributed by atoms with Crippen LogP contribution in [0.15, 0.2) is 78.9 Å². The van der Waals surface area contributed by atoms with E-state index in [1.54, 1.807) is 4.90 Å². The van der Waals surface area contributed by atoms with Crippen LogP contribution < -0.4 is 4.90 Å². The van der Waals surface area contributed by atoms with Crippen LogP contribution in [0.2, 0.25) is 0 Å². The Kier molecular flexibility index (Phi) is 5.95. The van der Waals surface area contributed by atoms with Crippen LogP contribution in [-0.4, -0.2) is 55.5 Å². The summed E-state index contributed by atoms with van der Waals surface area (Å²) in [6.07, 6.45) is 1.12. The molecule has 4 heteroatoms. The van der Waals surface area contributed by atoms with Crippen molar-refractivity contribution < 1.29 is 4.79 Å². The summed E-state index contributed by atoms with van der Waals surface area (Å²) in [5, 5.41) is 0. The van der Waals surface area contributed by atoms with Gasteiger partial charge < -0.3 is 9.80 Å². The lowest BCUT2D eigenvalue weighted by atomic mass is 9.88. The third-order valence-corrected chi connectivity index (χ3v) is 6.95. The minimum atomic E-state index is 0.147. The average molecular weight is 426 g/mol. The minimum Gasteiger partial charge on any atom is -0.369 e. The third kappa shape index (κ3) is 4.28. The van der Waals surface area contributed by atoms with Gasteiger partial charge in [-0.2, -0.15) is 0 Å². The fourth-order valence-corrected chi connectivity index (χ4v) is 5.07. The lowest BCUT2D eigenvalue weighted by Crippen LogP contribution is -2.46. The molecule has 1 saturated heterocycles. The van der Waals surface area contributed by atoms with Gasteiger partial charge >= 0.3 is 0 Å². The van der Waals surface area contributed by atoms with E-state index >= 15 is 0 Å². The number of nitrogens with zero attached hydrogens (tertiary/aromatic N) is 3. The van der Waals surface area contributed by atoms with Crippen molar-refractivity contribution in [2.24, 2.45) is 0 Å². The van der Waals surface area contributed by atoms with Crippen LogP contribution >= 0.6 is 0 Å². The molecule has 0 atom stereocenters. The molecular formula is C28H31N3O. The summed E-state index contributed by atoms with van der Waals surface area (Å²) in [5.41, 5.74) is 5.99. The Morgan fingerprint density at radius 1 is 0.812 bits per heavy atom. The Morgan fingerprint density at radius 3 is 2.06 bits per heavy atom. The second-order valence-electron chi connectivity index (χ2n) is 8.99. The molecule has 2 heterocycles. The molecule has 5 rings (SSSR count). The molecule has 0 N–H and O–H groups in total. The number of fused-ring (bicyclic) bond motifs is 1. The van der Waals surface area contributed by atoms with E-state index in [0.29, 0.717) is 5.92 Å². The Hall–Kier alpha value is -3.11. The molecule has 0 unspecified atom stereocenters. The molecular weight excluding hydrogens is 394 g/mol. The summed E-state index contributed by atoms with van der Waals surface area (Å²) in [5.74, 6) is 0.573. The predicted molar refractivity (Wildman–Crippen MR) is 130 cm³/mol. The van der Waals surface area contributed by atoms with Crippen molar-refractivity contribution >= 4 is 11.6 Å². The summed E-state index contributed by atoms with van der Waals surface area (Å²) < 4.78 is 0. The quantitative estimate of drug-likeness (QED) is 0.577. The van der Waals surface area contributed by atoms with Crippen molar-refractivity contribution in [1.29, 1.82) is 0 Å². The van der Waals surface area contributed by atoms with Gasteiger partial charge in [-0.25, -0.2) is 0 Å². The van der Waals surface area contributed by atoms with Crippen molar-refractivity contribution in [2.45, 2.75) is 18.9 Å². The predicted octanol–water partition coefficient (Wildman–Crippen LogP) is 4.62. The topological polar surface area (TPSA) is 26.8 Å². The Balaban J connectivity index is 1.21. The molecule has 0 bridgehead atoms. The fourth-order valence-electron chi connectivity index (χ4n) is 5.07. The Morgan fingerprint density at radius 2 is 1.44 bits per heavy atom. The summed E-state index contributed by atoms with van der Waals surface area (Å²) in [6, 6.07) is 28.2. The molecule has 164 valence electrons. The molecule has 2 aliphatic rings. The first kappa shape index (κ1) is 20.8. The third-order valence-electron chi connectivity index (χ3n) is 6.95. The first-order valence-corrected chi connectivity index (χ1v) is 11.6. The highest BCUT2D eigenvalue weighted by molar-refractivity contribution is 5.99. The zero-order valence-corrected chi connectivity index (χ0v) is 18.8. The monoisotopic (exact) mass is 425 g/mol. The molecule has 0 aliphatic carbocycles. The molecule has 3 aromatic carbocycles. The van der Waals surface area contributed by atoms with Gasteiger partial charge in [-0.05, 0) is 41.8 Å². The fraction of sp³-hybridized carbons (Fsp3) is 0.321. The number of piperazine rings is 1. The maximum Gasteiger partial charge on any atom is 0.254 e. The number of hydrogen-bond acceptors (Lipinski definition) is 3. The lowest BCUT2D eigenvalue weighted by Gasteiger charge is -2.37. The number of carbonyl (C=O) groups excluding carboxylic acids is 1. The minimum absolute atomic E-state index is 0.147. The van der Waals surface area contributed by atoms with E-state index in [0.717, 1.165) is 56.8 Å². The number of hydrogen-bond donors (Lipinski definition) is 0. The molecule has 4 nitrogen and oxygen atoms in total. The van der Waals surface area contributed by atoms with Gasteiger partial charge in [-0.1, -0.05) is 66.7 Å². The second-order valence-corrected chi connectivity index (χ2v) is 8.99. The maximum absolute atomic E-state index is 12.4. The zero-order chi connectivity index (χ0) is 21.9. The molecule has 3 aromatic rings. The van der Waals surface area contributed by atoms with E-state index in [1.165, 1.54) is 16.8 Å². The Labute approximate surface area is 191 Å². The summed E-state index contributed by atoms with van der Waals surface area (Å²) in [7, 11) is 1.87. The van der Waals surface area contributed by atoms with Gasteiger partial charge in [0.25, 0.3) is 5.91 Å². The van der Waals surface area contributed by atoms with Crippen molar-refractivity contribution in [1.82, 2.24) is 9.80 Å². The van der Waals surface area contributed by atoms with E-state index in [1.807, 2.05) is 7.05 Å². The number of amides is 1. The van der Waals surface area contributed by atoms with Gasteiger partial charge in [0.2, 0.25) is 0 Å². The molecule has 0 aromatic heterocycles. The summed E-state index contributed by atoms with van der Waals surface area (Å²) in [6.45, 7) is 5.94. The number of rotatable bonds is 6. The van der Waals surface area contributed by atoms with Crippen molar-refractivity contribution in [3.8, 4) is 0 Å². The van der Waals surface area contributed by atoms with E-state index < -0.39 is 0 Å². The second kappa shape index (κ2) is 9.17. The summed E-state index contributed by atoms with van der Waals surface area (Å²) in [4.78, 5) is 19.2. The van der Waals surface area contributed by atoms with Crippen LogP contribution in [0.4, 0.5) is 5.69 Å². The smallest absolute Gasteiger partial charge is 0.254 e. The van der Waals surface area contributed by atoms with Crippen LogP contribution in [0.5, 0.6) is 0 Å².